The van der Waals surface area contributed by atoms with Crippen molar-refractivity contribution in [1.82, 2.24) is 4.57 Å². The number of anilines is 2. The first-order valence-corrected chi connectivity index (χ1v) is 19.0. The van der Waals surface area contributed by atoms with Gasteiger partial charge in [0.2, 0.25) is 0 Å². The van der Waals surface area contributed by atoms with Gasteiger partial charge >= 0.3 is 0 Å². The van der Waals surface area contributed by atoms with E-state index in [1.165, 1.54) is 76.1 Å². The number of fused-ring (bicyclic) bond motifs is 9. The molecule has 0 bridgehead atoms. The number of allylic oxidation sites excluding steroid dienone is 7. The van der Waals surface area contributed by atoms with Crippen LogP contribution in [0, 0.1) is 0 Å². The predicted octanol–water partition coefficient (Wildman–Crippen LogP) is 12.9. The van der Waals surface area contributed by atoms with Crippen LogP contribution in [0.2, 0.25) is 0 Å². The van der Waals surface area contributed by atoms with Crippen molar-refractivity contribution in [3.05, 3.63) is 191 Å². The Morgan fingerprint density at radius 2 is 1.37 bits per heavy atom. The van der Waals surface area contributed by atoms with Gasteiger partial charge in [-0.1, -0.05) is 127 Å². The predicted molar refractivity (Wildman–Crippen MR) is 217 cm³/mol. The van der Waals surface area contributed by atoms with E-state index < -0.39 is 0 Å². The molecule has 2 aromatic heterocycles. The lowest BCUT2D eigenvalue weighted by Gasteiger charge is -2.31. The van der Waals surface area contributed by atoms with Gasteiger partial charge in [0.1, 0.15) is 0 Å². The highest BCUT2D eigenvalue weighted by Gasteiger charge is 2.39. The van der Waals surface area contributed by atoms with E-state index in [9.17, 15) is 0 Å². The number of benzene rings is 5. The molecule has 51 heavy (non-hydrogen) atoms. The Morgan fingerprint density at radius 1 is 0.627 bits per heavy atom. The van der Waals surface area contributed by atoms with Crippen molar-refractivity contribution in [2.45, 2.75) is 36.6 Å². The summed E-state index contributed by atoms with van der Waals surface area (Å²) >= 11 is 1.98. The number of para-hydroxylation sites is 3. The Balaban J connectivity index is 0.951. The van der Waals surface area contributed by atoms with Crippen molar-refractivity contribution in [3.63, 3.8) is 0 Å². The van der Waals surface area contributed by atoms with Crippen LogP contribution in [0.5, 0.6) is 0 Å². The van der Waals surface area contributed by atoms with Crippen molar-refractivity contribution < 1.29 is 0 Å². The van der Waals surface area contributed by atoms with E-state index in [0.29, 0.717) is 11.8 Å². The van der Waals surface area contributed by atoms with Crippen LogP contribution in [0.15, 0.2) is 169 Å². The van der Waals surface area contributed by atoms with Gasteiger partial charge in [0.05, 0.1) is 17.1 Å². The standard InChI is InChI=1S/C48H36N2S/c1-5-22-43-37(16-1)38-17-2-6-23-44(38)50(43)35-26-27-46-42(30-35)39-18-3-7-24-45(39)49(46)34-15-10-13-32(29-34)31-12-9-14-33(28-31)36-20-11-21-41-40-19-4-8-25-47(40)51-48(36)41/h1-11,13-19,21-31,36,42,46H,12,20H2. The average Bonchev–Trinajstić information content (AvgIpc) is 3.86. The van der Waals surface area contributed by atoms with Crippen molar-refractivity contribution in [2.24, 2.45) is 0 Å². The van der Waals surface area contributed by atoms with E-state index in [-0.39, 0.29) is 12.0 Å². The SMILES string of the molecule is C1=CC(C2CC=Cc3c2sc2ccccc32)=CC(c2cccc(N3c4ccccc4C4C=C(n5c6ccccc6c6ccccc65)C=CC43)c2)C1. The summed E-state index contributed by atoms with van der Waals surface area (Å²) < 4.78 is 3.84. The average molecular weight is 673 g/mol. The molecular weight excluding hydrogens is 637 g/mol. The molecule has 0 fully saturated rings. The second kappa shape index (κ2) is 11.4. The fourth-order valence-corrected chi connectivity index (χ4v) is 10.6. The molecule has 0 radical (unpaired) electrons. The molecule has 1 aliphatic heterocycles. The second-order valence-corrected chi connectivity index (χ2v) is 15.4. The van der Waals surface area contributed by atoms with Crippen LogP contribution in [-0.4, -0.2) is 10.6 Å². The van der Waals surface area contributed by atoms with Crippen molar-refractivity contribution in [1.29, 1.82) is 0 Å². The maximum atomic E-state index is 2.58. The highest BCUT2D eigenvalue weighted by molar-refractivity contribution is 7.19. The first kappa shape index (κ1) is 29.1. The Labute approximate surface area is 302 Å². The molecule has 0 N–H and O–H groups in total. The molecule has 3 aliphatic carbocycles. The van der Waals surface area contributed by atoms with Gasteiger partial charge in [-0.25, -0.2) is 0 Å². The van der Waals surface area contributed by atoms with Gasteiger partial charge in [-0.05, 0) is 83.0 Å². The summed E-state index contributed by atoms with van der Waals surface area (Å²) in [4.78, 5) is 4.10. The zero-order valence-electron chi connectivity index (χ0n) is 28.2. The molecule has 0 saturated heterocycles. The third-order valence-corrected chi connectivity index (χ3v) is 12.9. The minimum Gasteiger partial charge on any atom is -0.333 e. The molecule has 4 aliphatic rings. The van der Waals surface area contributed by atoms with Crippen molar-refractivity contribution in [2.75, 3.05) is 4.90 Å². The lowest BCUT2D eigenvalue weighted by Crippen LogP contribution is -2.29. The van der Waals surface area contributed by atoms with Crippen LogP contribution < -0.4 is 4.90 Å². The molecule has 5 aromatic carbocycles. The number of nitrogens with zero attached hydrogens (tertiary/aromatic N) is 2. The summed E-state index contributed by atoms with van der Waals surface area (Å²) in [5.74, 6) is 1.02. The van der Waals surface area contributed by atoms with E-state index >= 15 is 0 Å². The molecule has 7 aromatic rings. The van der Waals surface area contributed by atoms with Gasteiger partial charge in [0, 0.05) is 55.2 Å². The quantitative estimate of drug-likeness (QED) is 0.181. The Morgan fingerprint density at radius 3 is 2.24 bits per heavy atom. The van der Waals surface area contributed by atoms with Gasteiger partial charge in [-0.15, -0.1) is 11.3 Å². The first-order chi connectivity index (χ1) is 25.3. The molecule has 3 heterocycles. The fraction of sp³-hybridized carbons (Fsp3) is 0.125. The minimum absolute atomic E-state index is 0.215. The highest BCUT2D eigenvalue weighted by Crippen LogP contribution is 2.50. The summed E-state index contributed by atoms with van der Waals surface area (Å²) in [7, 11) is 0. The third-order valence-electron chi connectivity index (χ3n) is 11.6. The van der Waals surface area contributed by atoms with Gasteiger partial charge in [-0.2, -0.15) is 0 Å². The molecule has 4 atom stereocenters. The molecule has 0 amide bonds. The number of hydrogen-bond donors (Lipinski definition) is 0. The third kappa shape index (κ3) is 4.48. The summed E-state index contributed by atoms with van der Waals surface area (Å²) in [5, 5.41) is 3.99. The van der Waals surface area contributed by atoms with Crippen LogP contribution in [0.4, 0.5) is 11.4 Å². The van der Waals surface area contributed by atoms with Crippen LogP contribution in [-0.2, 0) is 0 Å². The maximum absolute atomic E-state index is 2.58. The molecule has 0 spiro atoms. The Hall–Kier alpha value is -5.64. The van der Waals surface area contributed by atoms with Crippen LogP contribution in [0.25, 0.3) is 43.7 Å². The summed E-state index contributed by atoms with van der Waals surface area (Å²) in [6.07, 6.45) is 21.5. The molecule has 4 unspecified atom stereocenters. The van der Waals surface area contributed by atoms with Crippen LogP contribution in [0.1, 0.15) is 52.2 Å². The van der Waals surface area contributed by atoms with Gasteiger partial charge in [0.15, 0.2) is 0 Å². The van der Waals surface area contributed by atoms with Gasteiger partial charge in [0.25, 0.3) is 0 Å². The molecule has 244 valence electrons. The topological polar surface area (TPSA) is 8.17 Å². The monoisotopic (exact) mass is 672 g/mol. The largest absolute Gasteiger partial charge is 0.333 e. The summed E-state index contributed by atoms with van der Waals surface area (Å²) in [6.45, 7) is 0. The lowest BCUT2D eigenvalue weighted by molar-refractivity contribution is 0.741. The van der Waals surface area contributed by atoms with Gasteiger partial charge in [-0.3, -0.25) is 0 Å². The van der Waals surface area contributed by atoms with E-state index in [4.69, 9.17) is 0 Å². The molecule has 2 nitrogen and oxygen atoms in total. The number of thiophene rings is 1. The van der Waals surface area contributed by atoms with Crippen molar-refractivity contribution >= 4 is 66.4 Å². The molecule has 0 saturated carbocycles. The number of hydrogen-bond acceptors (Lipinski definition) is 2. The Kier molecular flexibility index (Phi) is 6.54. The van der Waals surface area contributed by atoms with Gasteiger partial charge < -0.3 is 9.47 Å². The second-order valence-electron chi connectivity index (χ2n) is 14.3. The van der Waals surface area contributed by atoms with Crippen LogP contribution >= 0.6 is 11.3 Å². The smallest absolute Gasteiger partial charge is 0.0631 e. The minimum atomic E-state index is 0.215. The number of aromatic nitrogens is 1. The van der Waals surface area contributed by atoms with E-state index in [0.717, 1.165) is 12.8 Å². The Bertz CT molecular complexity index is 2640. The van der Waals surface area contributed by atoms with E-state index in [1.807, 2.05) is 11.3 Å². The number of rotatable bonds is 4. The molecule has 11 rings (SSSR count). The zero-order valence-corrected chi connectivity index (χ0v) is 29.0. The first-order valence-electron chi connectivity index (χ1n) is 18.2. The van der Waals surface area contributed by atoms with E-state index in [1.54, 1.807) is 0 Å². The normalized spacial score (nSPS) is 21.9. The fourth-order valence-electron chi connectivity index (χ4n) is 9.29. The van der Waals surface area contributed by atoms with E-state index in [2.05, 4.69) is 179 Å². The molecular formula is C48H36N2S. The van der Waals surface area contributed by atoms with Crippen molar-refractivity contribution in [3.8, 4) is 0 Å². The maximum Gasteiger partial charge on any atom is 0.0631 e. The molecule has 3 heteroatoms. The zero-order chi connectivity index (χ0) is 33.5. The lowest BCUT2D eigenvalue weighted by atomic mass is 9.81. The highest BCUT2D eigenvalue weighted by atomic mass is 32.1. The summed E-state index contributed by atoms with van der Waals surface area (Å²) in [6, 6.07) is 45.1. The summed E-state index contributed by atoms with van der Waals surface area (Å²) in [5.41, 5.74) is 12.0. The van der Waals surface area contributed by atoms with Crippen LogP contribution in [0.3, 0.4) is 0 Å².